The zero-order chi connectivity index (χ0) is 9.42. The summed E-state index contributed by atoms with van der Waals surface area (Å²) in [6, 6.07) is 0.396. The van der Waals surface area contributed by atoms with Gasteiger partial charge in [0.2, 0.25) is 0 Å². The number of halogens is 2. The first-order valence-electron chi connectivity index (χ1n) is 4.75. The van der Waals surface area contributed by atoms with Crippen molar-refractivity contribution in [2.24, 2.45) is 5.92 Å². The minimum atomic E-state index is 0.191. The van der Waals surface area contributed by atoms with Crippen LogP contribution in [0, 0.1) is 5.92 Å². The van der Waals surface area contributed by atoms with Crippen LogP contribution in [0.5, 0.6) is 0 Å². The van der Waals surface area contributed by atoms with Crippen LogP contribution in [0.2, 0.25) is 0 Å². The van der Waals surface area contributed by atoms with Gasteiger partial charge in [0.1, 0.15) is 0 Å². The van der Waals surface area contributed by atoms with Crippen molar-refractivity contribution >= 4 is 44.3 Å². The number of hydrogen-bond donors (Lipinski definition) is 1. The van der Waals surface area contributed by atoms with E-state index in [0.717, 1.165) is 13.0 Å². The Morgan fingerprint density at radius 3 is 3.00 bits per heavy atom. The van der Waals surface area contributed by atoms with E-state index < -0.39 is 0 Å². The molecule has 2 aliphatic rings. The highest BCUT2D eigenvalue weighted by molar-refractivity contribution is 14.1. The van der Waals surface area contributed by atoms with Crippen molar-refractivity contribution in [1.82, 2.24) is 5.32 Å². The second kappa shape index (κ2) is 4.14. The Balaban J connectivity index is 2.12. The maximum atomic E-state index is 11.8. The van der Waals surface area contributed by atoms with Crippen LogP contribution in [0.4, 0.5) is 0 Å². The standard InChI is InChI=1S/C9H13BrINO/c10-6-3-1-2-5-8(6)12-4-7(11)9(5)13/h5-8,12H,1-4H2. The molecule has 2 nitrogen and oxygen atoms in total. The molecule has 1 saturated carbocycles. The predicted molar refractivity (Wildman–Crippen MR) is 64.7 cm³/mol. The van der Waals surface area contributed by atoms with Crippen molar-refractivity contribution in [2.45, 2.75) is 34.1 Å². The van der Waals surface area contributed by atoms with E-state index in [0.29, 0.717) is 16.7 Å². The smallest absolute Gasteiger partial charge is 0.151 e. The summed E-state index contributed by atoms with van der Waals surface area (Å²) in [4.78, 5) is 12.3. The van der Waals surface area contributed by atoms with Gasteiger partial charge in [-0.3, -0.25) is 4.79 Å². The molecule has 2 rings (SSSR count). The quantitative estimate of drug-likeness (QED) is 0.530. The molecule has 74 valence electrons. The van der Waals surface area contributed by atoms with Crippen LogP contribution < -0.4 is 5.32 Å². The number of hydrogen-bond acceptors (Lipinski definition) is 2. The summed E-state index contributed by atoms with van der Waals surface area (Å²) in [5.74, 6) is 0.738. The predicted octanol–water partition coefficient (Wildman–Crippen LogP) is 1.89. The van der Waals surface area contributed by atoms with Crippen LogP contribution in [0.1, 0.15) is 19.3 Å². The Hall–Kier alpha value is 0.840. The highest BCUT2D eigenvalue weighted by Crippen LogP contribution is 2.34. The number of Topliss-reactive ketones (excluding diaryl/α,β-unsaturated/α-hetero) is 1. The molecule has 1 heterocycles. The average molecular weight is 358 g/mol. The van der Waals surface area contributed by atoms with E-state index in [1.54, 1.807) is 0 Å². The van der Waals surface area contributed by atoms with E-state index in [1.807, 2.05) is 0 Å². The molecule has 1 saturated heterocycles. The van der Waals surface area contributed by atoms with Gasteiger partial charge in [0.25, 0.3) is 0 Å². The molecule has 4 atom stereocenters. The number of carbonyl (C=O) groups excluding carboxylic acids is 1. The van der Waals surface area contributed by atoms with Gasteiger partial charge < -0.3 is 5.32 Å². The maximum absolute atomic E-state index is 11.8. The molecule has 13 heavy (non-hydrogen) atoms. The minimum absolute atomic E-state index is 0.191. The van der Waals surface area contributed by atoms with Crippen LogP contribution in [0.25, 0.3) is 0 Å². The topological polar surface area (TPSA) is 29.1 Å². The minimum Gasteiger partial charge on any atom is -0.311 e. The summed E-state index contributed by atoms with van der Waals surface area (Å²) in [6.45, 7) is 0.850. The van der Waals surface area contributed by atoms with E-state index >= 15 is 0 Å². The Morgan fingerprint density at radius 2 is 2.23 bits per heavy atom. The van der Waals surface area contributed by atoms with Crippen molar-refractivity contribution in [3.63, 3.8) is 0 Å². The van der Waals surface area contributed by atoms with Crippen molar-refractivity contribution in [1.29, 1.82) is 0 Å². The van der Waals surface area contributed by atoms with Crippen molar-refractivity contribution in [3.05, 3.63) is 0 Å². The highest BCUT2D eigenvalue weighted by atomic mass is 127. The largest absolute Gasteiger partial charge is 0.311 e. The molecule has 2 fully saturated rings. The molecule has 4 heteroatoms. The first-order valence-corrected chi connectivity index (χ1v) is 6.91. The van der Waals surface area contributed by atoms with E-state index in [2.05, 4.69) is 43.8 Å². The summed E-state index contributed by atoms with van der Waals surface area (Å²) >= 11 is 5.91. The fourth-order valence-corrected chi connectivity index (χ4v) is 3.90. The molecule has 4 unspecified atom stereocenters. The molecule has 0 aromatic rings. The van der Waals surface area contributed by atoms with Crippen LogP contribution in [-0.4, -0.2) is 27.1 Å². The van der Waals surface area contributed by atoms with E-state index in [9.17, 15) is 4.79 Å². The number of carbonyl (C=O) groups is 1. The van der Waals surface area contributed by atoms with Crippen LogP contribution in [0.15, 0.2) is 0 Å². The molecular weight excluding hydrogens is 345 g/mol. The molecule has 0 aromatic heterocycles. The van der Waals surface area contributed by atoms with Crippen LogP contribution in [0.3, 0.4) is 0 Å². The lowest BCUT2D eigenvalue weighted by Gasteiger charge is -2.40. The van der Waals surface area contributed by atoms with Gasteiger partial charge in [0.15, 0.2) is 5.78 Å². The molecule has 1 N–H and O–H groups in total. The first-order chi connectivity index (χ1) is 6.20. The third-order valence-electron chi connectivity index (χ3n) is 3.03. The number of ketones is 1. The Labute approximate surface area is 100 Å². The lowest BCUT2D eigenvalue weighted by Crippen LogP contribution is -2.57. The van der Waals surface area contributed by atoms with E-state index in [-0.39, 0.29) is 9.84 Å². The third kappa shape index (κ3) is 1.95. The zero-order valence-electron chi connectivity index (χ0n) is 7.30. The summed E-state index contributed by atoms with van der Waals surface area (Å²) in [5, 5.41) is 3.48. The lowest BCUT2D eigenvalue weighted by atomic mass is 9.78. The molecular formula is C9H13BrINO. The van der Waals surface area contributed by atoms with Crippen molar-refractivity contribution < 1.29 is 4.79 Å². The molecule has 0 aromatic carbocycles. The second-order valence-corrected chi connectivity index (χ2v) is 6.54. The van der Waals surface area contributed by atoms with Crippen molar-refractivity contribution in [3.8, 4) is 0 Å². The van der Waals surface area contributed by atoms with Gasteiger partial charge in [0, 0.05) is 23.3 Å². The van der Waals surface area contributed by atoms with E-state index in [4.69, 9.17) is 0 Å². The number of alkyl halides is 2. The lowest BCUT2D eigenvalue weighted by molar-refractivity contribution is -0.125. The van der Waals surface area contributed by atoms with Gasteiger partial charge in [-0.05, 0) is 12.8 Å². The number of piperidine rings is 1. The normalized spacial score (nSPS) is 45.8. The fourth-order valence-electron chi connectivity index (χ4n) is 2.31. The van der Waals surface area contributed by atoms with Gasteiger partial charge in [-0.25, -0.2) is 0 Å². The summed E-state index contributed by atoms with van der Waals surface area (Å²) < 4.78 is 0.191. The second-order valence-electron chi connectivity index (χ2n) is 3.86. The van der Waals surface area contributed by atoms with Gasteiger partial charge in [-0.15, -0.1) is 0 Å². The molecule has 0 bridgehead atoms. The van der Waals surface area contributed by atoms with Crippen molar-refractivity contribution in [2.75, 3.05) is 6.54 Å². The van der Waals surface area contributed by atoms with Gasteiger partial charge in [-0.2, -0.15) is 0 Å². The maximum Gasteiger partial charge on any atom is 0.151 e. The molecule has 0 amide bonds. The SMILES string of the molecule is O=C1C(I)CNC2C(Br)CCCC12. The molecule has 0 spiro atoms. The van der Waals surface area contributed by atoms with Gasteiger partial charge >= 0.3 is 0 Å². The Bertz CT molecular complexity index is 224. The fraction of sp³-hybridized carbons (Fsp3) is 0.889. The highest BCUT2D eigenvalue weighted by Gasteiger charge is 2.41. The van der Waals surface area contributed by atoms with Crippen LogP contribution in [-0.2, 0) is 4.79 Å². The summed E-state index contributed by atoms with van der Waals surface area (Å²) in [5.41, 5.74) is 0. The number of nitrogens with one attached hydrogen (secondary N) is 1. The van der Waals surface area contributed by atoms with Gasteiger partial charge in [-0.1, -0.05) is 44.9 Å². The zero-order valence-corrected chi connectivity index (χ0v) is 11.0. The average Bonchev–Trinajstić information content (AvgIpc) is 2.12. The van der Waals surface area contributed by atoms with Gasteiger partial charge in [0.05, 0.1) is 3.92 Å². The number of fused-ring (bicyclic) bond motifs is 1. The Morgan fingerprint density at radius 1 is 1.46 bits per heavy atom. The monoisotopic (exact) mass is 357 g/mol. The van der Waals surface area contributed by atoms with E-state index in [1.165, 1.54) is 12.8 Å². The van der Waals surface area contributed by atoms with Crippen LogP contribution >= 0.6 is 38.5 Å². The third-order valence-corrected chi connectivity index (χ3v) is 5.11. The number of rotatable bonds is 0. The molecule has 1 aliphatic carbocycles. The first kappa shape index (κ1) is 10.4. The Kier molecular flexibility index (Phi) is 3.30. The molecule has 1 aliphatic heterocycles. The molecule has 0 radical (unpaired) electrons. The summed E-state index contributed by atoms with van der Waals surface area (Å²) in [6.07, 6.45) is 3.47. The summed E-state index contributed by atoms with van der Waals surface area (Å²) in [7, 11) is 0.